The molecule has 0 aliphatic heterocycles. The Morgan fingerprint density at radius 3 is 2.53 bits per heavy atom. The molecule has 4 aromatic rings. The SMILES string of the molecule is CCc1cc(Br)cc(C)c1NC(=O)CSc1nnc(Cc2ccccc2)n1-c1ccc(F)cc1. The van der Waals surface area contributed by atoms with Crippen LogP contribution in [0, 0.1) is 12.7 Å². The number of aryl methyl sites for hydroxylation is 2. The van der Waals surface area contributed by atoms with Crippen LogP contribution in [-0.4, -0.2) is 26.4 Å². The molecule has 0 bridgehead atoms. The molecule has 34 heavy (non-hydrogen) atoms. The van der Waals surface area contributed by atoms with Crippen molar-refractivity contribution >= 4 is 39.3 Å². The number of carbonyl (C=O) groups excluding carboxylic acids is 1. The number of nitrogens with zero attached hydrogens (tertiary/aromatic N) is 3. The molecule has 0 radical (unpaired) electrons. The van der Waals surface area contributed by atoms with Gasteiger partial charge in [0, 0.05) is 22.3 Å². The van der Waals surface area contributed by atoms with Crippen molar-refractivity contribution in [2.24, 2.45) is 0 Å². The number of nitrogens with one attached hydrogen (secondary N) is 1. The third-order valence-corrected chi connectivity index (χ3v) is 6.74. The maximum absolute atomic E-state index is 13.6. The minimum Gasteiger partial charge on any atom is -0.325 e. The van der Waals surface area contributed by atoms with Gasteiger partial charge >= 0.3 is 0 Å². The van der Waals surface area contributed by atoms with Gasteiger partial charge in [0.2, 0.25) is 5.91 Å². The zero-order valence-corrected chi connectivity index (χ0v) is 21.3. The Labute approximate surface area is 210 Å². The molecule has 1 aromatic heterocycles. The van der Waals surface area contributed by atoms with Gasteiger partial charge < -0.3 is 5.32 Å². The molecule has 4 rings (SSSR count). The quantitative estimate of drug-likeness (QED) is 0.265. The third-order valence-electron chi connectivity index (χ3n) is 5.35. The molecule has 0 saturated carbocycles. The molecule has 0 aliphatic carbocycles. The summed E-state index contributed by atoms with van der Waals surface area (Å²) in [5.41, 5.74) is 4.76. The number of hydrogen-bond acceptors (Lipinski definition) is 4. The molecule has 0 unspecified atom stereocenters. The number of carbonyl (C=O) groups is 1. The summed E-state index contributed by atoms with van der Waals surface area (Å²) >= 11 is 4.82. The molecule has 1 amide bonds. The van der Waals surface area contributed by atoms with Crippen LogP contribution in [0.2, 0.25) is 0 Å². The van der Waals surface area contributed by atoms with Crippen molar-refractivity contribution in [3.63, 3.8) is 0 Å². The fourth-order valence-electron chi connectivity index (χ4n) is 3.71. The monoisotopic (exact) mass is 538 g/mol. The minimum absolute atomic E-state index is 0.122. The third kappa shape index (κ3) is 5.74. The summed E-state index contributed by atoms with van der Waals surface area (Å²) < 4.78 is 16.4. The summed E-state index contributed by atoms with van der Waals surface area (Å²) in [6, 6.07) is 20.2. The van der Waals surface area contributed by atoms with Crippen LogP contribution in [0.5, 0.6) is 0 Å². The van der Waals surface area contributed by atoms with Crippen molar-refractivity contribution in [1.29, 1.82) is 0 Å². The molecular weight excluding hydrogens is 515 g/mol. The first-order valence-electron chi connectivity index (χ1n) is 10.9. The van der Waals surface area contributed by atoms with E-state index in [-0.39, 0.29) is 17.5 Å². The first-order chi connectivity index (χ1) is 16.4. The van der Waals surface area contributed by atoms with Gasteiger partial charge in [-0.2, -0.15) is 0 Å². The summed E-state index contributed by atoms with van der Waals surface area (Å²) in [5, 5.41) is 12.4. The lowest BCUT2D eigenvalue weighted by Crippen LogP contribution is -2.17. The zero-order chi connectivity index (χ0) is 24.1. The van der Waals surface area contributed by atoms with Gasteiger partial charge in [-0.3, -0.25) is 9.36 Å². The van der Waals surface area contributed by atoms with Crippen LogP contribution < -0.4 is 5.32 Å². The number of hydrogen-bond donors (Lipinski definition) is 1. The van der Waals surface area contributed by atoms with E-state index in [0.29, 0.717) is 11.6 Å². The average Bonchev–Trinajstić information content (AvgIpc) is 3.22. The molecule has 3 aromatic carbocycles. The van der Waals surface area contributed by atoms with Gasteiger partial charge in [-0.15, -0.1) is 10.2 Å². The number of anilines is 1. The molecule has 174 valence electrons. The Morgan fingerprint density at radius 1 is 1.09 bits per heavy atom. The highest BCUT2D eigenvalue weighted by molar-refractivity contribution is 9.10. The topological polar surface area (TPSA) is 59.8 Å². The van der Waals surface area contributed by atoms with E-state index in [1.165, 1.54) is 23.9 Å². The van der Waals surface area contributed by atoms with Crippen LogP contribution in [0.15, 0.2) is 76.4 Å². The van der Waals surface area contributed by atoms with Gasteiger partial charge in [0.1, 0.15) is 11.6 Å². The Bertz CT molecular complexity index is 1290. The highest BCUT2D eigenvalue weighted by Gasteiger charge is 2.17. The highest BCUT2D eigenvalue weighted by Crippen LogP contribution is 2.28. The minimum atomic E-state index is -0.313. The fraction of sp³-hybridized carbons (Fsp3) is 0.192. The van der Waals surface area contributed by atoms with Crippen molar-refractivity contribution < 1.29 is 9.18 Å². The molecule has 1 N–H and O–H groups in total. The molecule has 0 fully saturated rings. The number of benzene rings is 3. The van der Waals surface area contributed by atoms with Gasteiger partial charge in [0.15, 0.2) is 5.16 Å². The van der Waals surface area contributed by atoms with Crippen LogP contribution in [0.4, 0.5) is 10.1 Å². The van der Waals surface area contributed by atoms with Crippen molar-refractivity contribution in [2.75, 3.05) is 11.1 Å². The first-order valence-corrected chi connectivity index (χ1v) is 12.7. The van der Waals surface area contributed by atoms with Gasteiger partial charge in [-0.1, -0.05) is 64.9 Å². The van der Waals surface area contributed by atoms with Gasteiger partial charge in [0.05, 0.1) is 5.75 Å². The van der Waals surface area contributed by atoms with Crippen molar-refractivity contribution in [3.8, 4) is 5.69 Å². The summed E-state index contributed by atoms with van der Waals surface area (Å²) in [6.45, 7) is 4.04. The van der Waals surface area contributed by atoms with Crippen LogP contribution >= 0.6 is 27.7 Å². The largest absolute Gasteiger partial charge is 0.325 e. The van der Waals surface area contributed by atoms with Crippen molar-refractivity contribution in [2.45, 2.75) is 31.8 Å². The van der Waals surface area contributed by atoms with E-state index in [0.717, 1.165) is 44.8 Å². The van der Waals surface area contributed by atoms with Crippen LogP contribution in [-0.2, 0) is 17.6 Å². The normalized spacial score (nSPS) is 10.9. The van der Waals surface area contributed by atoms with E-state index >= 15 is 0 Å². The van der Waals surface area contributed by atoms with E-state index in [1.54, 1.807) is 12.1 Å². The lowest BCUT2D eigenvalue weighted by molar-refractivity contribution is -0.113. The number of rotatable bonds is 8. The molecule has 8 heteroatoms. The Kier molecular flexibility index (Phi) is 7.80. The number of aromatic nitrogens is 3. The van der Waals surface area contributed by atoms with Crippen LogP contribution in [0.1, 0.15) is 29.4 Å². The van der Waals surface area contributed by atoms with Gasteiger partial charge in [0.25, 0.3) is 0 Å². The molecule has 5 nitrogen and oxygen atoms in total. The average molecular weight is 539 g/mol. The van der Waals surface area contributed by atoms with E-state index in [9.17, 15) is 9.18 Å². The summed E-state index contributed by atoms with van der Waals surface area (Å²) in [5.74, 6) is 0.455. The smallest absolute Gasteiger partial charge is 0.234 e. The first kappa shape index (κ1) is 24.2. The van der Waals surface area contributed by atoms with Gasteiger partial charge in [-0.05, 0) is 66.4 Å². The standard InChI is InChI=1S/C26H24BrFN4OS/c1-3-19-15-20(27)13-17(2)25(19)29-24(33)16-34-26-31-30-23(14-18-7-5-4-6-8-18)32(26)22-11-9-21(28)10-12-22/h4-13,15H,3,14,16H2,1-2H3,(H,29,33). The molecule has 0 spiro atoms. The fourth-order valence-corrected chi connectivity index (χ4v) is 5.10. The number of halogens is 2. The van der Waals surface area contributed by atoms with Crippen molar-refractivity contribution in [3.05, 3.63) is 99.5 Å². The predicted molar refractivity (Wildman–Crippen MR) is 138 cm³/mol. The second-order valence-electron chi connectivity index (χ2n) is 7.82. The lowest BCUT2D eigenvalue weighted by Gasteiger charge is -2.14. The number of amides is 1. The maximum atomic E-state index is 13.6. The summed E-state index contributed by atoms with van der Waals surface area (Å²) in [6.07, 6.45) is 1.38. The predicted octanol–water partition coefficient (Wildman–Crippen LogP) is 6.36. The molecule has 0 aliphatic rings. The maximum Gasteiger partial charge on any atom is 0.234 e. The highest BCUT2D eigenvalue weighted by atomic mass is 79.9. The zero-order valence-electron chi connectivity index (χ0n) is 18.9. The Hall–Kier alpha value is -2.97. The molecule has 1 heterocycles. The second-order valence-corrected chi connectivity index (χ2v) is 9.68. The summed E-state index contributed by atoms with van der Waals surface area (Å²) in [7, 11) is 0. The van der Waals surface area contributed by atoms with Crippen molar-refractivity contribution in [1.82, 2.24) is 14.8 Å². The molecular formula is C26H24BrFN4OS. The van der Waals surface area contributed by atoms with E-state index in [4.69, 9.17) is 0 Å². The Morgan fingerprint density at radius 2 is 1.82 bits per heavy atom. The van der Waals surface area contributed by atoms with Crippen LogP contribution in [0.25, 0.3) is 5.69 Å². The number of thioether (sulfide) groups is 1. The molecule has 0 saturated heterocycles. The second kappa shape index (κ2) is 11.0. The lowest BCUT2D eigenvalue weighted by atomic mass is 10.1. The Balaban J connectivity index is 1.56. The summed E-state index contributed by atoms with van der Waals surface area (Å²) in [4.78, 5) is 12.8. The van der Waals surface area contributed by atoms with E-state index in [2.05, 4.69) is 38.4 Å². The van der Waals surface area contributed by atoms with E-state index in [1.807, 2.05) is 54.0 Å². The van der Waals surface area contributed by atoms with Gasteiger partial charge in [-0.25, -0.2) is 4.39 Å². The molecule has 0 atom stereocenters. The van der Waals surface area contributed by atoms with Crippen LogP contribution in [0.3, 0.4) is 0 Å². The van der Waals surface area contributed by atoms with E-state index < -0.39 is 0 Å².